The minimum absolute atomic E-state index is 0.0707. The van der Waals surface area contributed by atoms with E-state index in [9.17, 15) is 9.59 Å². The maximum absolute atomic E-state index is 11.0. The lowest BCUT2D eigenvalue weighted by atomic mass is 10.2. The van der Waals surface area contributed by atoms with Crippen LogP contribution in [0.4, 0.5) is 0 Å². The normalized spacial score (nSPS) is 9.75. The van der Waals surface area contributed by atoms with Gasteiger partial charge < -0.3 is 5.73 Å². The van der Waals surface area contributed by atoms with Gasteiger partial charge in [0, 0.05) is 5.38 Å². The van der Waals surface area contributed by atoms with Crippen LogP contribution in [-0.4, -0.2) is 17.6 Å². The predicted molar refractivity (Wildman–Crippen MR) is 47.9 cm³/mol. The lowest BCUT2D eigenvalue weighted by Crippen LogP contribution is -2.09. The SMILES string of the molecule is NC(=O)c1csc(C(=O)CCl)c1. The van der Waals surface area contributed by atoms with Crippen molar-refractivity contribution in [2.45, 2.75) is 0 Å². The summed E-state index contributed by atoms with van der Waals surface area (Å²) in [7, 11) is 0. The summed E-state index contributed by atoms with van der Waals surface area (Å²) < 4.78 is 0. The number of alkyl halides is 1. The van der Waals surface area contributed by atoms with E-state index in [-0.39, 0.29) is 11.7 Å². The highest BCUT2D eigenvalue weighted by molar-refractivity contribution is 7.12. The number of hydrogen-bond donors (Lipinski definition) is 1. The largest absolute Gasteiger partial charge is 0.366 e. The van der Waals surface area contributed by atoms with Crippen molar-refractivity contribution in [3.8, 4) is 0 Å². The van der Waals surface area contributed by atoms with Crippen molar-refractivity contribution in [1.82, 2.24) is 0 Å². The van der Waals surface area contributed by atoms with Gasteiger partial charge in [0.15, 0.2) is 5.78 Å². The summed E-state index contributed by atoms with van der Waals surface area (Å²) in [5.41, 5.74) is 5.35. The van der Waals surface area contributed by atoms with E-state index in [1.54, 1.807) is 5.38 Å². The van der Waals surface area contributed by atoms with Crippen LogP contribution in [-0.2, 0) is 0 Å². The topological polar surface area (TPSA) is 60.2 Å². The molecule has 0 aliphatic heterocycles. The Bertz CT molecular complexity index is 321. The molecule has 0 atom stereocenters. The molecule has 0 fully saturated rings. The Kier molecular flexibility index (Phi) is 2.83. The van der Waals surface area contributed by atoms with Gasteiger partial charge in [-0.05, 0) is 6.07 Å². The van der Waals surface area contributed by atoms with E-state index in [1.807, 2.05) is 0 Å². The van der Waals surface area contributed by atoms with E-state index in [4.69, 9.17) is 17.3 Å². The Morgan fingerprint density at radius 1 is 1.58 bits per heavy atom. The van der Waals surface area contributed by atoms with Crippen molar-refractivity contribution in [3.05, 3.63) is 21.9 Å². The lowest BCUT2D eigenvalue weighted by molar-refractivity contribution is 0.100. The highest BCUT2D eigenvalue weighted by Gasteiger charge is 2.09. The number of nitrogens with two attached hydrogens (primary N) is 1. The molecule has 0 spiro atoms. The summed E-state index contributed by atoms with van der Waals surface area (Å²) in [6, 6.07) is 1.46. The summed E-state index contributed by atoms with van der Waals surface area (Å²) in [6.07, 6.45) is 0. The van der Waals surface area contributed by atoms with Gasteiger partial charge in [-0.25, -0.2) is 0 Å². The fourth-order valence-corrected chi connectivity index (χ4v) is 1.74. The summed E-state index contributed by atoms with van der Waals surface area (Å²) in [6.45, 7) is 0. The molecule has 1 rings (SSSR count). The fourth-order valence-electron chi connectivity index (χ4n) is 0.678. The number of primary amides is 1. The van der Waals surface area contributed by atoms with Crippen molar-refractivity contribution < 1.29 is 9.59 Å². The zero-order valence-electron chi connectivity index (χ0n) is 6.04. The van der Waals surface area contributed by atoms with Crippen LogP contribution in [0.25, 0.3) is 0 Å². The zero-order valence-corrected chi connectivity index (χ0v) is 7.61. The molecular weight excluding hydrogens is 198 g/mol. The maximum atomic E-state index is 11.0. The second-order valence-corrected chi connectivity index (χ2v) is 3.30. The molecule has 0 bridgehead atoms. The number of halogens is 1. The van der Waals surface area contributed by atoms with Crippen molar-refractivity contribution >= 4 is 34.6 Å². The van der Waals surface area contributed by atoms with Gasteiger partial charge in [-0.2, -0.15) is 0 Å². The number of carbonyl (C=O) groups excluding carboxylic acids is 2. The molecule has 0 radical (unpaired) electrons. The van der Waals surface area contributed by atoms with Crippen LogP contribution in [0.1, 0.15) is 20.0 Å². The van der Waals surface area contributed by atoms with E-state index in [0.29, 0.717) is 10.4 Å². The molecule has 1 aromatic rings. The third-order valence-corrected chi connectivity index (χ3v) is 2.49. The number of rotatable bonds is 3. The van der Waals surface area contributed by atoms with Crippen LogP contribution in [0.3, 0.4) is 0 Å². The first-order chi connectivity index (χ1) is 5.65. The van der Waals surface area contributed by atoms with Crippen LogP contribution >= 0.6 is 22.9 Å². The van der Waals surface area contributed by atoms with Gasteiger partial charge in [0.2, 0.25) is 5.91 Å². The van der Waals surface area contributed by atoms with Gasteiger partial charge >= 0.3 is 0 Å². The Morgan fingerprint density at radius 2 is 2.25 bits per heavy atom. The average molecular weight is 204 g/mol. The van der Waals surface area contributed by atoms with Crippen molar-refractivity contribution in [2.75, 3.05) is 5.88 Å². The highest BCUT2D eigenvalue weighted by atomic mass is 35.5. The summed E-state index contributed by atoms with van der Waals surface area (Å²) in [5.74, 6) is -0.785. The summed E-state index contributed by atoms with van der Waals surface area (Å²) in [4.78, 5) is 22.1. The first-order valence-electron chi connectivity index (χ1n) is 3.12. The van der Waals surface area contributed by atoms with Gasteiger partial charge in [0.1, 0.15) is 0 Å². The molecule has 2 N–H and O–H groups in total. The van der Waals surface area contributed by atoms with Gasteiger partial charge in [-0.1, -0.05) is 0 Å². The quantitative estimate of drug-likeness (QED) is 0.594. The average Bonchev–Trinajstić information content (AvgIpc) is 2.51. The molecule has 5 heteroatoms. The summed E-state index contributed by atoms with van der Waals surface area (Å²) in [5, 5.41) is 1.54. The van der Waals surface area contributed by atoms with Crippen molar-refractivity contribution in [2.24, 2.45) is 5.73 Å². The molecule has 3 nitrogen and oxygen atoms in total. The number of amides is 1. The molecule has 0 aliphatic rings. The Balaban J connectivity index is 2.91. The molecule has 1 aromatic heterocycles. The number of Topliss-reactive ketones (excluding diaryl/α,β-unsaturated/α-hetero) is 1. The van der Waals surface area contributed by atoms with E-state index < -0.39 is 5.91 Å². The number of ketones is 1. The van der Waals surface area contributed by atoms with Gasteiger partial charge in [0.25, 0.3) is 0 Å². The van der Waals surface area contributed by atoms with Gasteiger partial charge in [-0.3, -0.25) is 9.59 Å². The third kappa shape index (κ3) is 1.84. The molecular formula is C7H6ClNO2S. The molecule has 0 aliphatic carbocycles. The number of hydrogen-bond acceptors (Lipinski definition) is 3. The van der Waals surface area contributed by atoms with E-state index >= 15 is 0 Å². The Morgan fingerprint density at radius 3 is 2.67 bits per heavy atom. The third-order valence-electron chi connectivity index (χ3n) is 1.28. The molecule has 0 saturated carbocycles. The van der Waals surface area contributed by atoms with Crippen molar-refractivity contribution in [3.63, 3.8) is 0 Å². The number of carbonyl (C=O) groups is 2. The lowest BCUT2D eigenvalue weighted by Gasteiger charge is -1.87. The predicted octanol–water partition coefficient (Wildman–Crippen LogP) is 1.27. The molecule has 64 valence electrons. The van der Waals surface area contributed by atoms with E-state index in [1.165, 1.54) is 17.4 Å². The minimum Gasteiger partial charge on any atom is -0.366 e. The highest BCUT2D eigenvalue weighted by Crippen LogP contribution is 2.15. The van der Waals surface area contributed by atoms with Crippen LogP contribution in [0.15, 0.2) is 11.4 Å². The second kappa shape index (κ2) is 3.69. The Labute approximate surface area is 78.1 Å². The molecule has 12 heavy (non-hydrogen) atoms. The van der Waals surface area contributed by atoms with Gasteiger partial charge in [-0.15, -0.1) is 22.9 Å². The van der Waals surface area contributed by atoms with Crippen LogP contribution < -0.4 is 5.73 Å². The first kappa shape index (κ1) is 9.22. The van der Waals surface area contributed by atoms with Gasteiger partial charge in [0.05, 0.1) is 16.3 Å². The standard InChI is InChI=1S/C7H6ClNO2S/c8-2-5(10)6-1-4(3-12-6)7(9)11/h1,3H,2H2,(H2,9,11). The molecule has 0 aromatic carbocycles. The number of thiophene rings is 1. The smallest absolute Gasteiger partial charge is 0.249 e. The monoisotopic (exact) mass is 203 g/mol. The van der Waals surface area contributed by atoms with E-state index in [0.717, 1.165) is 0 Å². The zero-order chi connectivity index (χ0) is 9.14. The molecule has 0 unspecified atom stereocenters. The van der Waals surface area contributed by atoms with Crippen LogP contribution in [0.2, 0.25) is 0 Å². The molecule has 1 heterocycles. The minimum atomic E-state index is -0.528. The molecule has 1 amide bonds. The Hall–Kier alpha value is -0.870. The van der Waals surface area contributed by atoms with Crippen LogP contribution in [0.5, 0.6) is 0 Å². The molecule has 0 saturated heterocycles. The summed E-state index contributed by atoms with van der Waals surface area (Å²) >= 11 is 6.49. The first-order valence-corrected chi connectivity index (χ1v) is 4.54. The fraction of sp³-hybridized carbons (Fsp3) is 0.143. The second-order valence-electron chi connectivity index (χ2n) is 2.12. The van der Waals surface area contributed by atoms with E-state index in [2.05, 4.69) is 0 Å². The maximum Gasteiger partial charge on any atom is 0.249 e. The van der Waals surface area contributed by atoms with Crippen molar-refractivity contribution in [1.29, 1.82) is 0 Å². The van der Waals surface area contributed by atoms with Crippen LogP contribution in [0, 0.1) is 0 Å².